The van der Waals surface area contributed by atoms with Crippen LogP contribution in [-0.4, -0.2) is 62.4 Å². The highest BCUT2D eigenvalue weighted by Gasteiger charge is 2.29. The fourth-order valence-corrected chi connectivity index (χ4v) is 2.79. The van der Waals surface area contributed by atoms with Gasteiger partial charge >= 0.3 is 0 Å². The molecule has 0 radical (unpaired) electrons. The van der Waals surface area contributed by atoms with Crippen LogP contribution in [0.5, 0.6) is 0 Å². The zero-order valence-electron chi connectivity index (χ0n) is 14.2. The van der Waals surface area contributed by atoms with Gasteiger partial charge in [-0.3, -0.25) is 9.79 Å². The predicted molar refractivity (Wildman–Crippen MR) is 105 cm³/mol. The Bertz CT molecular complexity index is 519. The Hall–Kier alpha value is -1.31. The van der Waals surface area contributed by atoms with Gasteiger partial charge in [0.05, 0.1) is 0 Å². The number of carbonyl (C=O) groups excluding carboxylic acids is 1. The van der Waals surface area contributed by atoms with Crippen LogP contribution in [0.3, 0.4) is 0 Å². The summed E-state index contributed by atoms with van der Waals surface area (Å²) >= 11 is 0. The van der Waals surface area contributed by atoms with Crippen molar-refractivity contribution in [3.63, 3.8) is 0 Å². The molecule has 5 nitrogen and oxygen atoms in total. The van der Waals surface area contributed by atoms with Crippen molar-refractivity contribution in [3.05, 3.63) is 35.9 Å². The second-order valence-electron chi connectivity index (χ2n) is 5.97. The number of hydrogen-bond acceptors (Lipinski definition) is 2. The number of hydrogen-bond donors (Lipinski definition) is 1. The lowest BCUT2D eigenvalue weighted by atomic mass is 10.1. The number of aliphatic imine (C=N–C) groups is 1. The number of nitrogens with one attached hydrogen (secondary N) is 1. The number of rotatable bonds is 5. The van der Waals surface area contributed by atoms with Gasteiger partial charge < -0.3 is 15.1 Å². The average molecular weight is 430 g/mol. The zero-order chi connectivity index (χ0) is 15.9. The average Bonchev–Trinajstić information content (AvgIpc) is 2.87. The third kappa shape index (κ3) is 6.01. The second-order valence-corrected chi connectivity index (χ2v) is 5.97. The third-order valence-electron chi connectivity index (χ3n) is 3.99. The molecule has 0 saturated carbocycles. The summed E-state index contributed by atoms with van der Waals surface area (Å²) < 4.78 is 0. The molecule has 0 spiro atoms. The van der Waals surface area contributed by atoms with Crippen LogP contribution in [0.4, 0.5) is 0 Å². The van der Waals surface area contributed by atoms with Crippen LogP contribution in [0.25, 0.3) is 0 Å². The minimum Gasteiger partial charge on any atom is -0.356 e. The van der Waals surface area contributed by atoms with Crippen molar-refractivity contribution >= 4 is 35.8 Å². The molecule has 1 N–H and O–H groups in total. The summed E-state index contributed by atoms with van der Waals surface area (Å²) in [4.78, 5) is 20.2. The molecule has 1 aliphatic rings. The van der Waals surface area contributed by atoms with Gasteiger partial charge in [-0.2, -0.15) is 0 Å². The Balaban J connectivity index is 0.00000264. The largest absolute Gasteiger partial charge is 0.356 e. The van der Waals surface area contributed by atoms with E-state index in [0.29, 0.717) is 12.3 Å². The lowest BCUT2D eigenvalue weighted by Crippen LogP contribution is -2.39. The lowest BCUT2D eigenvalue weighted by molar-refractivity contribution is -0.127. The molecule has 23 heavy (non-hydrogen) atoms. The second kappa shape index (κ2) is 9.75. The van der Waals surface area contributed by atoms with E-state index in [1.807, 2.05) is 42.1 Å². The Morgan fingerprint density at radius 3 is 2.65 bits per heavy atom. The fraction of sp³-hybridized carbons (Fsp3) is 0.529. The van der Waals surface area contributed by atoms with Crippen molar-refractivity contribution in [1.29, 1.82) is 0 Å². The molecule has 1 amide bonds. The molecule has 1 saturated heterocycles. The van der Waals surface area contributed by atoms with Crippen molar-refractivity contribution in [3.8, 4) is 0 Å². The normalized spacial score (nSPS) is 17.9. The van der Waals surface area contributed by atoms with Gasteiger partial charge in [0.1, 0.15) is 0 Å². The highest BCUT2D eigenvalue weighted by Crippen LogP contribution is 2.17. The van der Waals surface area contributed by atoms with E-state index in [2.05, 4.69) is 22.4 Å². The molecule has 128 valence electrons. The molecule has 1 fully saturated rings. The first-order valence-electron chi connectivity index (χ1n) is 7.80. The molecule has 0 bridgehead atoms. The van der Waals surface area contributed by atoms with Crippen LogP contribution in [0.2, 0.25) is 0 Å². The topological polar surface area (TPSA) is 47.9 Å². The first-order valence-corrected chi connectivity index (χ1v) is 7.80. The van der Waals surface area contributed by atoms with Crippen LogP contribution in [0.1, 0.15) is 12.0 Å². The monoisotopic (exact) mass is 430 g/mol. The minimum absolute atomic E-state index is 0. The molecular formula is C17H27IN4O. The Kier molecular flexibility index (Phi) is 8.36. The molecule has 1 aromatic carbocycles. The number of nitrogens with zero attached hydrogens (tertiary/aromatic N) is 3. The van der Waals surface area contributed by atoms with E-state index in [-0.39, 0.29) is 29.9 Å². The highest BCUT2D eigenvalue weighted by atomic mass is 127. The van der Waals surface area contributed by atoms with Crippen molar-refractivity contribution in [2.24, 2.45) is 10.9 Å². The Labute approximate surface area is 156 Å². The quantitative estimate of drug-likeness (QED) is 0.441. The molecule has 6 heteroatoms. The first-order chi connectivity index (χ1) is 10.6. The number of likely N-dealkylation sites (tertiary alicyclic amines) is 1. The van der Waals surface area contributed by atoms with E-state index >= 15 is 0 Å². The van der Waals surface area contributed by atoms with Gasteiger partial charge in [-0.1, -0.05) is 30.3 Å². The molecule has 1 unspecified atom stereocenters. The summed E-state index contributed by atoms with van der Waals surface area (Å²) in [5.74, 6) is 1.48. The van der Waals surface area contributed by atoms with E-state index < -0.39 is 0 Å². The third-order valence-corrected chi connectivity index (χ3v) is 3.99. The summed E-state index contributed by atoms with van der Waals surface area (Å²) in [6.45, 7) is 2.43. The molecular weight excluding hydrogens is 403 g/mol. The summed E-state index contributed by atoms with van der Waals surface area (Å²) in [6, 6.07) is 10.3. The van der Waals surface area contributed by atoms with Crippen molar-refractivity contribution in [2.75, 3.05) is 40.8 Å². The Morgan fingerprint density at radius 2 is 2.04 bits per heavy atom. The molecule has 1 aliphatic heterocycles. The molecule has 1 heterocycles. The van der Waals surface area contributed by atoms with Gasteiger partial charge in [0.15, 0.2) is 5.96 Å². The van der Waals surface area contributed by atoms with Crippen molar-refractivity contribution < 1.29 is 4.79 Å². The van der Waals surface area contributed by atoms with Crippen molar-refractivity contribution in [1.82, 2.24) is 15.1 Å². The number of carbonyl (C=O) groups is 1. The lowest BCUT2D eigenvalue weighted by Gasteiger charge is -2.20. The van der Waals surface area contributed by atoms with Gasteiger partial charge in [0.2, 0.25) is 5.91 Å². The molecule has 0 aromatic heterocycles. The van der Waals surface area contributed by atoms with E-state index in [1.54, 1.807) is 7.05 Å². The van der Waals surface area contributed by atoms with E-state index in [9.17, 15) is 4.79 Å². The number of benzene rings is 1. The highest BCUT2D eigenvalue weighted by molar-refractivity contribution is 14.0. The maximum absolute atomic E-state index is 12.1. The van der Waals surface area contributed by atoms with Gasteiger partial charge in [0, 0.05) is 53.1 Å². The Morgan fingerprint density at radius 1 is 1.35 bits per heavy atom. The number of guanidine groups is 1. The summed E-state index contributed by atoms with van der Waals surface area (Å²) in [5.41, 5.74) is 1.28. The number of halogens is 1. The van der Waals surface area contributed by atoms with Gasteiger partial charge in [-0.25, -0.2) is 0 Å². The summed E-state index contributed by atoms with van der Waals surface area (Å²) in [7, 11) is 5.69. The minimum atomic E-state index is 0. The van der Waals surface area contributed by atoms with E-state index in [1.165, 1.54) is 5.56 Å². The van der Waals surface area contributed by atoms with Crippen LogP contribution in [-0.2, 0) is 11.2 Å². The van der Waals surface area contributed by atoms with Crippen LogP contribution in [0, 0.1) is 5.92 Å². The standard InChI is InChI=1S/C17H26N4O.HI/c1-18-17(20(2)3)19-12-15-11-16(22)21(13-15)10-9-14-7-5-4-6-8-14;/h4-8,15H,9-13H2,1-3H3,(H,18,19);1H. The summed E-state index contributed by atoms with van der Waals surface area (Å²) in [5, 5.41) is 3.32. The molecule has 0 aliphatic carbocycles. The van der Waals surface area contributed by atoms with E-state index in [4.69, 9.17) is 0 Å². The maximum Gasteiger partial charge on any atom is 0.223 e. The maximum atomic E-state index is 12.1. The molecule has 1 aromatic rings. The van der Waals surface area contributed by atoms with Crippen LogP contribution < -0.4 is 5.32 Å². The van der Waals surface area contributed by atoms with Crippen LogP contribution >= 0.6 is 24.0 Å². The van der Waals surface area contributed by atoms with Crippen LogP contribution in [0.15, 0.2) is 35.3 Å². The molecule has 2 rings (SSSR count). The van der Waals surface area contributed by atoms with Crippen molar-refractivity contribution in [2.45, 2.75) is 12.8 Å². The zero-order valence-corrected chi connectivity index (χ0v) is 16.5. The van der Waals surface area contributed by atoms with Gasteiger partial charge in [-0.05, 0) is 12.0 Å². The predicted octanol–water partition coefficient (Wildman–Crippen LogP) is 1.83. The van der Waals surface area contributed by atoms with E-state index in [0.717, 1.165) is 32.0 Å². The molecule has 1 atom stereocenters. The first kappa shape index (κ1) is 19.7. The SMILES string of the molecule is CN=C(NCC1CC(=O)N(CCc2ccccc2)C1)N(C)C.I. The van der Waals surface area contributed by atoms with Gasteiger partial charge in [0.25, 0.3) is 0 Å². The smallest absolute Gasteiger partial charge is 0.223 e. The summed E-state index contributed by atoms with van der Waals surface area (Å²) in [6.07, 6.45) is 1.55. The fourth-order valence-electron chi connectivity index (χ4n) is 2.79. The van der Waals surface area contributed by atoms with Gasteiger partial charge in [-0.15, -0.1) is 24.0 Å². The number of amides is 1.